The van der Waals surface area contributed by atoms with E-state index < -0.39 is 4.92 Å². The van der Waals surface area contributed by atoms with Crippen molar-refractivity contribution < 1.29 is 9.66 Å². The highest BCUT2D eigenvalue weighted by molar-refractivity contribution is 6.31. The van der Waals surface area contributed by atoms with Gasteiger partial charge < -0.3 is 26.0 Å². The Morgan fingerprint density at radius 2 is 0.592 bits per heavy atom. The van der Waals surface area contributed by atoms with Crippen molar-refractivity contribution in [2.45, 2.75) is 27.7 Å². The van der Waals surface area contributed by atoms with Crippen molar-refractivity contribution in [3.05, 3.63) is 467 Å². The Morgan fingerprint density at radius 1 is 0.308 bits per heavy atom. The number of nitrogens with one attached hydrogen (secondary N) is 4. The van der Waals surface area contributed by atoms with E-state index in [4.69, 9.17) is 31.3 Å². The molecule has 0 aliphatic rings. The summed E-state index contributed by atoms with van der Waals surface area (Å²) in [5.41, 5.74) is 18.2. The number of fused-ring (bicyclic) bond motifs is 4. The van der Waals surface area contributed by atoms with Crippen LogP contribution < -0.4 is 47.7 Å². The van der Waals surface area contributed by atoms with E-state index in [1.807, 2.05) is 360 Å². The van der Waals surface area contributed by atoms with Crippen LogP contribution in [0.15, 0.2) is 408 Å². The van der Waals surface area contributed by atoms with Gasteiger partial charge in [-0.25, -0.2) is 0 Å². The number of ether oxygens (including phenoxy) is 1. The highest BCUT2D eigenvalue weighted by Gasteiger charge is 2.24. The first-order chi connectivity index (χ1) is 63.4. The monoisotopic (exact) mass is 1720 g/mol. The van der Waals surface area contributed by atoms with Gasteiger partial charge in [-0.2, -0.15) is 0 Å². The molecular formula is C108H83ClN14O7. The van der Waals surface area contributed by atoms with Gasteiger partial charge in [0, 0.05) is 144 Å². The molecule has 0 spiro atoms. The maximum Gasteiger partial charge on any atom is 0.270 e. The molecule has 0 saturated heterocycles. The van der Waals surface area contributed by atoms with Gasteiger partial charge in [-0.05, 0) is 198 Å². The molecular weight excluding hydrogens is 1640 g/mol. The van der Waals surface area contributed by atoms with Crippen molar-refractivity contribution in [1.82, 2.24) is 43.2 Å². The molecule has 0 radical (unpaired) electrons. The Balaban J connectivity index is 0.000000122. The zero-order valence-electron chi connectivity index (χ0n) is 71.2. The highest BCUT2D eigenvalue weighted by Crippen LogP contribution is 2.38. The molecule has 9 heterocycles. The van der Waals surface area contributed by atoms with Crippen molar-refractivity contribution in [3.8, 4) is 73.5 Å². The van der Waals surface area contributed by atoms with Crippen molar-refractivity contribution in [2.24, 2.45) is 0 Å². The summed E-state index contributed by atoms with van der Waals surface area (Å²) in [7, 11) is 1.63. The van der Waals surface area contributed by atoms with Gasteiger partial charge in [-0.3, -0.25) is 72.5 Å². The standard InChI is InChI=1S/C28H23N3O2.C27H20ClN3O.C27H20N4O3.C26H20N4O/c1-19-17-24-27(28(29-19)20-13-15-23(33-2)16-14-20)25(32)18-26(30-21-9-5-3-6-10-21)31(24)22-11-7-4-8-12-22;1-18-15-23-26(27(29-18)19-9-8-10-20(28)16-19)24(32)17-25(30-21-11-4-2-5-12-21)31(23)22-13-6-3-7-14-22;1-18-15-23-26(27(28-18)19-9-8-14-22(16-19)31(33)34)24(32)17-25(29-20-10-4-2-5-11-20)30(23)21-12-6-3-7-13-21;1-18-15-22-25(26(28-18)19-9-8-14-27-17-19)23(31)16-24(29-20-10-4-2-5-11-20)30(22)21-12-6-3-7-13-21/h3-18,30H,1-2H3;2-17,30H,1H3;2-17,29H,1H3;2-17,29H,1H3. The van der Waals surface area contributed by atoms with Crippen LogP contribution >= 0.6 is 11.6 Å². The highest BCUT2D eigenvalue weighted by atomic mass is 35.5. The predicted molar refractivity (Wildman–Crippen MR) is 525 cm³/mol. The predicted octanol–water partition coefficient (Wildman–Crippen LogP) is 24.4. The van der Waals surface area contributed by atoms with E-state index in [2.05, 4.69) is 44.9 Å². The summed E-state index contributed by atoms with van der Waals surface area (Å²) < 4.78 is 13.5. The van der Waals surface area contributed by atoms with Crippen molar-refractivity contribution in [2.75, 3.05) is 28.4 Å². The van der Waals surface area contributed by atoms with Crippen LogP contribution in [0.1, 0.15) is 22.8 Å². The van der Waals surface area contributed by atoms with Gasteiger partial charge >= 0.3 is 0 Å². The molecule has 0 bridgehead atoms. The Labute approximate surface area is 752 Å². The van der Waals surface area contributed by atoms with E-state index in [1.165, 1.54) is 12.1 Å². The van der Waals surface area contributed by atoms with Crippen molar-refractivity contribution >= 4 is 107 Å². The maximum absolute atomic E-state index is 13.5. The Morgan fingerprint density at radius 3 is 0.885 bits per heavy atom. The summed E-state index contributed by atoms with van der Waals surface area (Å²) in [6.45, 7) is 7.67. The molecule has 634 valence electrons. The summed E-state index contributed by atoms with van der Waals surface area (Å²) in [6, 6.07) is 118. The molecule has 20 rings (SSSR count). The number of non-ortho nitro benzene ring substituents is 1. The molecule has 0 saturated carbocycles. The number of anilines is 8. The molecule has 130 heavy (non-hydrogen) atoms. The van der Waals surface area contributed by atoms with Crippen LogP contribution in [0.25, 0.3) is 111 Å². The first-order valence-electron chi connectivity index (χ1n) is 41.8. The Hall–Kier alpha value is -17.3. The second kappa shape index (κ2) is 38.4. The number of nitro groups is 1. The van der Waals surface area contributed by atoms with Gasteiger partial charge in [0.2, 0.25) is 0 Å². The van der Waals surface area contributed by atoms with E-state index >= 15 is 0 Å². The molecule has 11 aromatic carbocycles. The minimum Gasteiger partial charge on any atom is -0.497 e. The first-order valence-corrected chi connectivity index (χ1v) is 42.2. The van der Waals surface area contributed by atoms with Gasteiger partial charge in [0.05, 0.1) is 78.4 Å². The van der Waals surface area contributed by atoms with E-state index in [0.29, 0.717) is 89.4 Å². The average molecular weight is 1720 g/mol. The lowest BCUT2D eigenvalue weighted by Crippen LogP contribution is -2.14. The Kier molecular flexibility index (Phi) is 25.1. The third-order valence-corrected chi connectivity index (χ3v) is 21.7. The fraction of sp³-hybridized carbons (Fsp3) is 0.0463. The third kappa shape index (κ3) is 18.7. The zero-order valence-corrected chi connectivity index (χ0v) is 71.9. The lowest BCUT2D eigenvalue weighted by Gasteiger charge is -2.20. The number of pyridine rings is 9. The minimum atomic E-state index is -0.453. The van der Waals surface area contributed by atoms with Crippen LogP contribution in [-0.4, -0.2) is 55.2 Å². The van der Waals surface area contributed by atoms with Crippen molar-refractivity contribution in [3.63, 3.8) is 0 Å². The number of aromatic nitrogens is 9. The number of aryl methyl sites for hydroxylation is 4. The molecule has 0 aliphatic heterocycles. The smallest absolute Gasteiger partial charge is 0.270 e. The van der Waals surface area contributed by atoms with Gasteiger partial charge in [-0.15, -0.1) is 0 Å². The van der Waals surface area contributed by atoms with Crippen LogP contribution in [0, 0.1) is 37.8 Å². The van der Waals surface area contributed by atoms with Gasteiger partial charge in [-0.1, -0.05) is 181 Å². The molecule has 0 amide bonds. The lowest BCUT2D eigenvalue weighted by molar-refractivity contribution is -0.384. The largest absolute Gasteiger partial charge is 0.497 e. The second-order valence-corrected chi connectivity index (χ2v) is 31.0. The summed E-state index contributed by atoms with van der Waals surface area (Å²) in [5.74, 6) is 3.42. The van der Waals surface area contributed by atoms with Gasteiger partial charge in [0.25, 0.3) is 5.69 Å². The number of para-hydroxylation sites is 8. The number of hydrogen-bond acceptors (Lipinski definition) is 16. The second-order valence-electron chi connectivity index (χ2n) is 30.5. The number of rotatable bonds is 18. The molecule has 0 aliphatic carbocycles. The number of halogens is 1. The van der Waals surface area contributed by atoms with Crippen LogP contribution in [0.4, 0.5) is 51.7 Å². The van der Waals surface area contributed by atoms with E-state index in [0.717, 1.165) is 102 Å². The molecule has 20 aromatic rings. The molecule has 21 nitrogen and oxygen atoms in total. The van der Waals surface area contributed by atoms with Gasteiger partial charge in [0.1, 0.15) is 29.0 Å². The molecule has 22 heteroatoms. The maximum atomic E-state index is 13.5. The van der Waals surface area contributed by atoms with Crippen LogP contribution in [0.2, 0.25) is 5.02 Å². The fourth-order valence-electron chi connectivity index (χ4n) is 15.8. The van der Waals surface area contributed by atoms with Crippen LogP contribution in [-0.2, 0) is 0 Å². The van der Waals surface area contributed by atoms with E-state index in [1.54, 1.807) is 55.9 Å². The number of methoxy groups -OCH3 is 1. The van der Waals surface area contributed by atoms with Crippen LogP contribution in [0.3, 0.4) is 0 Å². The summed E-state index contributed by atoms with van der Waals surface area (Å²) >= 11 is 6.25. The fourth-order valence-corrected chi connectivity index (χ4v) is 16.0. The SMILES string of the molecule is COc1ccc(-c2nc(C)cc3c2c(=O)cc(Nc2ccccc2)n3-c2ccccc2)cc1.Cc1cc2c(c(-c3cccc(Cl)c3)n1)c(=O)cc(Nc1ccccc1)n2-c1ccccc1.Cc1cc2c(c(-c3cccc([N+](=O)[O-])c3)n1)c(=O)cc(Nc1ccccc1)n2-c1ccccc1.Cc1cc2c(c(-c3cccnc3)n1)c(=O)cc(Nc1ccccc1)n2-c1ccccc1. The lowest BCUT2D eigenvalue weighted by atomic mass is 10.0. The molecule has 0 atom stereocenters. The quantitative estimate of drug-likeness (QED) is 0.0460. The van der Waals surface area contributed by atoms with Gasteiger partial charge in [0.15, 0.2) is 21.7 Å². The van der Waals surface area contributed by atoms with E-state index in [-0.39, 0.29) is 27.4 Å². The minimum absolute atomic E-state index is 0.0558. The number of nitro benzene ring substituents is 1. The Bertz CT molecular complexity index is 7800. The third-order valence-electron chi connectivity index (χ3n) is 21.5. The molecule has 0 fully saturated rings. The molecule has 4 N–H and O–H groups in total. The average Bonchev–Trinajstić information content (AvgIpc) is 0.757. The number of nitrogens with zero attached hydrogens (tertiary/aromatic N) is 10. The number of hydrogen-bond donors (Lipinski definition) is 4. The van der Waals surface area contributed by atoms with Crippen molar-refractivity contribution in [1.29, 1.82) is 0 Å². The van der Waals surface area contributed by atoms with E-state index in [9.17, 15) is 29.3 Å². The van der Waals surface area contributed by atoms with Crippen LogP contribution in [0.5, 0.6) is 5.75 Å². The normalized spacial score (nSPS) is 10.9. The zero-order chi connectivity index (χ0) is 89.7. The first kappa shape index (κ1) is 84.9. The molecule has 9 aromatic heterocycles. The summed E-state index contributed by atoms with van der Waals surface area (Å²) in [5, 5.41) is 27.7. The summed E-state index contributed by atoms with van der Waals surface area (Å²) in [4.78, 5) is 87.7. The topological polar surface area (TPSA) is 253 Å². The molecule has 0 unspecified atom stereocenters. The number of benzene rings is 11. The summed E-state index contributed by atoms with van der Waals surface area (Å²) in [6.07, 6.45) is 3.45.